The first-order chi connectivity index (χ1) is 5.86. The van der Waals surface area contributed by atoms with Crippen molar-refractivity contribution < 1.29 is 0 Å². The number of nitrogens with one attached hydrogen (secondary N) is 1. The monoisotopic (exact) mass is 176 g/mol. The molecular weight excluding hydrogens is 168 g/mol. The van der Waals surface area contributed by atoms with Crippen molar-refractivity contribution in [1.29, 1.82) is 5.26 Å². The van der Waals surface area contributed by atoms with Gasteiger partial charge in [0.25, 0.3) is 0 Å². The Labute approximate surface area is 75.8 Å². The van der Waals surface area contributed by atoms with Gasteiger partial charge < -0.3 is 5.32 Å². The maximum atomic E-state index is 8.52. The van der Waals surface area contributed by atoms with Crippen LogP contribution in [0.1, 0.15) is 10.4 Å². The fourth-order valence-corrected chi connectivity index (χ4v) is 1.32. The lowest BCUT2D eigenvalue weighted by Gasteiger charge is -1.81. The van der Waals surface area contributed by atoms with Gasteiger partial charge in [-0.05, 0) is 13.1 Å². The van der Waals surface area contributed by atoms with Crippen molar-refractivity contribution in [3.05, 3.63) is 21.9 Å². The van der Waals surface area contributed by atoms with Crippen molar-refractivity contribution in [1.82, 2.24) is 5.32 Å². The van der Waals surface area contributed by atoms with Crippen molar-refractivity contribution in [2.45, 2.75) is 0 Å². The van der Waals surface area contributed by atoms with Gasteiger partial charge in [-0.25, -0.2) is 0 Å². The summed E-state index contributed by atoms with van der Waals surface area (Å²) in [6.45, 7) is 0.678. The molecule has 2 nitrogen and oxygen atoms in total. The largest absolute Gasteiger partial charge is 0.309 e. The summed E-state index contributed by atoms with van der Waals surface area (Å²) in [4.78, 5) is 0.712. The van der Waals surface area contributed by atoms with E-state index < -0.39 is 0 Å². The average Bonchev–Trinajstić information content (AvgIpc) is 2.53. The molecule has 0 saturated heterocycles. The first kappa shape index (κ1) is 8.80. The van der Waals surface area contributed by atoms with Crippen LogP contribution < -0.4 is 5.32 Å². The van der Waals surface area contributed by atoms with E-state index >= 15 is 0 Å². The summed E-state index contributed by atoms with van der Waals surface area (Å²) in [6, 6.07) is 3.87. The zero-order valence-corrected chi connectivity index (χ0v) is 7.53. The third-order valence-corrected chi connectivity index (χ3v) is 2.04. The highest BCUT2D eigenvalue weighted by molar-refractivity contribution is 7.10. The molecule has 0 aliphatic heterocycles. The van der Waals surface area contributed by atoms with E-state index in [-0.39, 0.29) is 0 Å². The summed E-state index contributed by atoms with van der Waals surface area (Å²) >= 11 is 1.42. The number of hydrogen-bond acceptors (Lipinski definition) is 3. The van der Waals surface area contributed by atoms with Gasteiger partial charge in [-0.1, -0.05) is 11.8 Å². The zero-order chi connectivity index (χ0) is 8.81. The molecule has 0 fully saturated rings. The quantitative estimate of drug-likeness (QED) is 0.652. The third kappa shape index (κ3) is 2.39. The van der Waals surface area contributed by atoms with E-state index in [0.717, 1.165) is 5.56 Å². The fraction of sp³-hybridized carbons (Fsp3) is 0.222. The molecule has 12 heavy (non-hydrogen) atoms. The first-order valence-electron chi connectivity index (χ1n) is 3.49. The van der Waals surface area contributed by atoms with E-state index in [1.807, 2.05) is 12.4 Å². The summed E-state index contributed by atoms with van der Waals surface area (Å²) < 4.78 is 0. The molecule has 0 saturated carbocycles. The minimum Gasteiger partial charge on any atom is -0.309 e. The number of nitriles is 1. The van der Waals surface area contributed by atoms with E-state index in [0.29, 0.717) is 11.4 Å². The Morgan fingerprint density at radius 3 is 3.08 bits per heavy atom. The van der Waals surface area contributed by atoms with Crippen LogP contribution in [0.5, 0.6) is 0 Å². The fourth-order valence-electron chi connectivity index (χ4n) is 0.695. The van der Waals surface area contributed by atoms with Gasteiger partial charge in [-0.3, -0.25) is 0 Å². The Kier molecular flexibility index (Phi) is 3.35. The van der Waals surface area contributed by atoms with Crippen LogP contribution in [0.4, 0.5) is 0 Å². The van der Waals surface area contributed by atoms with Crippen LogP contribution in [0.2, 0.25) is 0 Å². The van der Waals surface area contributed by atoms with E-state index in [4.69, 9.17) is 5.26 Å². The molecule has 1 aromatic heterocycles. The van der Waals surface area contributed by atoms with Crippen molar-refractivity contribution in [2.24, 2.45) is 0 Å². The smallest absolute Gasteiger partial charge is 0.110 e. The van der Waals surface area contributed by atoms with Gasteiger partial charge >= 0.3 is 0 Å². The molecule has 0 aliphatic rings. The molecule has 1 N–H and O–H groups in total. The Hall–Kier alpha value is -1.29. The second-order valence-corrected chi connectivity index (χ2v) is 3.05. The number of nitrogens with zero attached hydrogens (tertiary/aromatic N) is 1. The van der Waals surface area contributed by atoms with Gasteiger partial charge in [-0.2, -0.15) is 5.26 Å². The topological polar surface area (TPSA) is 35.8 Å². The van der Waals surface area contributed by atoms with Gasteiger partial charge in [0, 0.05) is 10.9 Å². The summed E-state index contributed by atoms with van der Waals surface area (Å²) in [7, 11) is 1.85. The highest BCUT2D eigenvalue weighted by Gasteiger charge is 1.93. The van der Waals surface area contributed by atoms with E-state index in [9.17, 15) is 0 Å². The molecule has 0 unspecified atom stereocenters. The van der Waals surface area contributed by atoms with Crippen LogP contribution >= 0.6 is 11.3 Å². The lowest BCUT2D eigenvalue weighted by molar-refractivity contribution is 0.938. The summed E-state index contributed by atoms with van der Waals surface area (Å²) in [6.07, 6.45) is 0. The standard InChI is InChI=1S/C9H8N2S/c1-11-4-2-3-8-5-9(6-10)12-7-8/h5,7,11H,4H2,1H3. The van der Waals surface area contributed by atoms with Gasteiger partial charge in [0.05, 0.1) is 6.54 Å². The molecule has 0 radical (unpaired) electrons. The zero-order valence-electron chi connectivity index (χ0n) is 6.72. The number of thiophene rings is 1. The molecule has 3 heteroatoms. The van der Waals surface area contributed by atoms with Crippen molar-refractivity contribution in [3.63, 3.8) is 0 Å². The van der Waals surface area contributed by atoms with Gasteiger partial charge in [0.2, 0.25) is 0 Å². The minimum atomic E-state index is 0.678. The molecule has 0 bridgehead atoms. The molecule has 1 rings (SSSR count). The van der Waals surface area contributed by atoms with Crippen LogP contribution in [-0.4, -0.2) is 13.6 Å². The SMILES string of the molecule is CNCC#Cc1csc(C#N)c1. The molecule has 0 aromatic carbocycles. The van der Waals surface area contributed by atoms with Crippen LogP contribution in [0.3, 0.4) is 0 Å². The summed E-state index contributed by atoms with van der Waals surface area (Å²) in [5.41, 5.74) is 0.923. The molecule has 0 aliphatic carbocycles. The van der Waals surface area contributed by atoms with Gasteiger partial charge in [0.1, 0.15) is 10.9 Å². The Morgan fingerprint density at radius 1 is 1.67 bits per heavy atom. The molecule has 0 atom stereocenters. The Morgan fingerprint density at radius 2 is 2.50 bits per heavy atom. The number of rotatable bonds is 1. The maximum Gasteiger partial charge on any atom is 0.110 e. The highest BCUT2D eigenvalue weighted by atomic mass is 32.1. The molecule has 1 heterocycles. The van der Waals surface area contributed by atoms with Crippen LogP contribution in [0, 0.1) is 23.2 Å². The maximum absolute atomic E-state index is 8.52. The molecule has 1 aromatic rings. The molecular formula is C9H8N2S. The number of hydrogen-bond donors (Lipinski definition) is 1. The molecule has 0 spiro atoms. The van der Waals surface area contributed by atoms with E-state index in [1.165, 1.54) is 11.3 Å². The minimum absolute atomic E-state index is 0.678. The van der Waals surface area contributed by atoms with Crippen molar-refractivity contribution in [2.75, 3.05) is 13.6 Å². The second kappa shape index (κ2) is 4.56. The van der Waals surface area contributed by atoms with E-state index in [1.54, 1.807) is 6.07 Å². The molecule has 0 amide bonds. The van der Waals surface area contributed by atoms with E-state index in [2.05, 4.69) is 23.2 Å². The predicted molar refractivity (Wildman–Crippen MR) is 49.8 cm³/mol. The van der Waals surface area contributed by atoms with Gasteiger partial charge in [0.15, 0.2) is 0 Å². The van der Waals surface area contributed by atoms with Crippen molar-refractivity contribution in [3.8, 4) is 17.9 Å². The second-order valence-electron chi connectivity index (χ2n) is 2.14. The molecule has 60 valence electrons. The lowest BCUT2D eigenvalue weighted by atomic mass is 10.3. The van der Waals surface area contributed by atoms with Crippen LogP contribution in [-0.2, 0) is 0 Å². The Balaban J connectivity index is 2.67. The predicted octanol–water partition coefficient (Wildman–Crippen LogP) is 1.19. The highest BCUT2D eigenvalue weighted by Crippen LogP contribution is 2.11. The Bertz CT molecular complexity index is 349. The van der Waals surface area contributed by atoms with Gasteiger partial charge in [-0.15, -0.1) is 11.3 Å². The average molecular weight is 176 g/mol. The van der Waals surface area contributed by atoms with Crippen LogP contribution in [0.25, 0.3) is 0 Å². The van der Waals surface area contributed by atoms with Crippen molar-refractivity contribution >= 4 is 11.3 Å². The normalized spacial score (nSPS) is 8.33. The third-order valence-electron chi connectivity index (χ3n) is 1.21. The first-order valence-corrected chi connectivity index (χ1v) is 4.37. The van der Waals surface area contributed by atoms with Crippen LogP contribution in [0.15, 0.2) is 11.4 Å². The summed E-state index contributed by atoms with van der Waals surface area (Å²) in [5, 5.41) is 13.3. The lowest BCUT2D eigenvalue weighted by Crippen LogP contribution is -2.04. The summed E-state index contributed by atoms with van der Waals surface area (Å²) in [5.74, 6) is 5.87.